The Labute approximate surface area is 270 Å². The van der Waals surface area contributed by atoms with E-state index in [2.05, 4.69) is 20.5 Å². The van der Waals surface area contributed by atoms with Gasteiger partial charge in [0.15, 0.2) is 17.5 Å². The molecule has 2 unspecified atom stereocenters. The Bertz CT molecular complexity index is 1760. The lowest BCUT2D eigenvalue weighted by atomic mass is 9.88. The lowest BCUT2D eigenvalue weighted by molar-refractivity contribution is -0.149. The molecular formula is C31H31F5N6O6. The SMILES string of the molecule is CC(C)(C)OC(=O)N=CC1C[C@@H](n2ncc(N3CCC(O)(C(=O)NCc4cc(F)cc(F)c4F)C3=O)n2)CO[C@@H]1c1cc(F)ccc1F. The zero-order chi connectivity index (χ0) is 35.0. The van der Waals surface area contributed by atoms with Gasteiger partial charge in [0.25, 0.3) is 11.8 Å². The fraction of sp³-hybridized carbons (Fsp3) is 0.419. The van der Waals surface area contributed by atoms with Crippen molar-refractivity contribution in [1.29, 1.82) is 0 Å². The maximum Gasteiger partial charge on any atom is 0.433 e. The molecule has 0 bridgehead atoms. The molecule has 12 nitrogen and oxygen atoms in total. The van der Waals surface area contributed by atoms with Crippen LogP contribution in [0.5, 0.6) is 0 Å². The number of nitrogens with one attached hydrogen (secondary N) is 1. The molecule has 2 aliphatic rings. The maximum absolute atomic E-state index is 14.7. The zero-order valence-electron chi connectivity index (χ0n) is 25.9. The quantitative estimate of drug-likeness (QED) is 0.165. The minimum atomic E-state index is -2.59. The van der Waals surface area contributed by atoms with Crippen molar-refractivity contribution in [2.45, 2.75) is 63.5 Å². The van der Waals surface area contributed by atoms with E-state index >= 15 is 0 Å². The highest BCUT2D eigenvalue weighted by Crippen LogP contribution is 2.38. The number of ether oxygens (including phenoxy) is 2. The van der Waals surface area contributed by atoms with Crippen molar-refractivity contribution in [3.8, 4) is 0 Å². The normalized spacial score (nSPS) is 23.1. The van der Waals surface area contributed by atoms with Crippen LogP contribution in [-0.4, -0.2) is 68.6 Å². The first kappa shape index (κ1) is 34.6. The number of carbonyl (C=O) groups is 3. The lowest BCUT2D eigenvalue weighted by Gasteiger charge is -2.34. The van der Waals surface area contributed by atoms with Gasteiger partial charge in [-0.2, -0.15) is 14.9 Å². The highest BCUT2D eigenvalue weighted by Gasteiger charge is 2.52. The zero-order valence-corrected chi connectivity index (χ0v) is 25.9. The molecule has 2 aliphatic heterocycles. The third-order valence-electron chi connectivity index (χ3n) is 7.71. The predicted molar refractivity (Wildman–Crippen MR) is 157 cm³/mol. The van der Waals surface area contributed by atoms with Crippen molar-refractivity contribution in [3.63, 3.8) is 0 Å². The van der Waals surface area contributed by atoms with E-state index in [-0.39, 0.29) is 37.4 Å². The number of halogens is 5. The fourth-order valence-electron chi connectivity index (χ4n) is 5.40. The van der Waals surface area contributed by atoms with E-state index in [4.69, 9.17) is 9.47 Å². The van der Waals surface area contributed by atoms with Crippen molar-refractivity contribution >= 4 is 29.9 Å². The summed E-state index contributed by atoms with van der Waals surface area (Å²) in [6, 6.07) is 3.25. The first-order valence-electron chi connectivity index (χ1n) is 14.8. The van der Waals surface area contributed by atoms with Gasteiger partial charge in [0.1, 0.15) is 23.1 Å². The van der Waals surface area contributed by atoms with Gasteiger partial charge in [0.2, 0.25) is 5.60 Å². The smallest absolute Gasteiger partial charge is 0.433 e. The van der Waals surface area contributed by atoms with E-state index in [9.17, 15) is 41.4 Å². The molecule has 17 heteroatoms. The molecule has 3 aromatic rings. The minimum Gasteiger partial charge on any atom is -0.442 e. The molecule has 256 valence electrons. The number of anilines is 1. The van der Waals surface area contributed by atoms with Crippen LogP contribution >= 0.6 is 0 Å². The van der Waals surface area contributed by atoms with E-state index in [0.717, 1.165) is 23.1 Å². The van der Waals surface area contributed by atoms with Gasteiger partial charge in [-0.3, -0.25) is 14.5 Å². The summed E-state index contributed by atoms with van der Waals surface area (Å²) < 4.78 is 81.0. The summed E-state index contributed by atoms with van der Waals surface area (Å²) >= 11 is 0. The highest BCUT2D eigenvalue weighted by atomic mass is 19.2. The number of rotatable bonds is 7. The molecule has 2 fully saturated rings. The Morgan fingerprint density at radius 2 is 1.90 bits per heavy atom. The summed E-state index contributed by atoms with van der Waals surface area (Å²) in [5, 5.41) is 21.6. The molecule has 0 radical (unpaired) electrons. The summed E-state index contributed by atoms with van der Waals surface area (Å²) in [6.45, 7) is 3.99. The van der Waals surface area contributed by atoms with Gasteiger partial charge in [0.05, 0.1) is 24.9 Å². The van der Waals surface area contributed by atoms with Crippen LogP contribution in [-0.2, 0) is 25.6 Å². The number of aliphatic hydroxyl groups is 1. The average molecular weight is 679 g/mol. The van der Waals surface area contributed by atoms with Crippen molar-refractivity contribution in [2.24, 2.45) is 10.9 Å². The Kier molecular flexibility index (Phi) is 9.64. The second-order valence-electron chi connectivity index (χ2n) is 12.4. The van der Waals surface area contributed by atoms with Crippen molar-refractivity contribution in [3.05, 3.63) is 76.7 Å². The summed E-state index contributed by atoms with van der Waals surface area (Å²) in [5.74, 6) is -8.48. The van der Waals surface area contributed by atoms with Crippen molar-refractivity contribution in [2.75, 3.05) is 18.1 Å². The third-order valence-corrected chi connectivity index (χ3v) is 7.71. The van der Waals surface area contributed by atoms with Crippen molar-refractivity contribution < 1.29 is 50.9 Å². The third kappa shape index (κ3) is 7.36. The number of hydrogen-bond acceptors (Lipinski definition) is 8. The number of amides is 3. The molecule has 2 aromatic carbocycles. The van der Waals surface area contributed by atoms with Gasteiger partial charge in [-0.25, -0.2) is 26.7 Å². The standard InChI is InChI=1S/C31H31F5N6O6/c1-30(2,3)48-29(45)38-13-17-9-20(15-47-26(17)21-10-18(32)4-5-22(21)34)42-39-14-24(40-42)41-7-6-31(46,28(41)44)27(43)37-12-16-8-19(33)11-23(35)25(16)36/h4-5,8,10-11,13-14,17,20,26,46H,6-7,9,12,15H2,1-3H3,(H,37,43)/t17?,20-,26+,31?/m1/s1. The van der Waals surface area contributed by atoms with E-state index in [0.29, 0.717) is 12.1 Å². The Morgan fingerprint density at radius 1 is 1.15 bits per heavy atom. The summed E-state index contributed by atoms with van der Waals surface area (Å²) in [7, 11) is 0. The largest absolute Gasteiger partial charge is 0.442 e. The molecular weight excluding hydrogens is 647 g/mol. The van der Waals surface area contributed by atoms with Gasteiger partial charge < -0.3 is 19.9 Å². The number of benzene rings is 2. The van der Waals surface area contributed by atoms with Gasteiger partial charge >= 0.3 is 6.09 Å². The average Bonchev–Trinajstić information content (AvgIpc) is 3.62. The lowest BCUT2D eigenvalue weighted by Crippen LogP contribution is -2.52. The van der Waals surface area contributed by atoms with Crippen LogP contribution in [0.4, 0.5) is 32.6 Å². The van der Waals surface area contributed by atoms with E-state index in [1.165, 1.54) is 17.2 Å². The Morgan fingerprint density at radius 3 is 2.62 bits per heavy atom. The molecule has 48 heavy (non-hydrogen) atoms. The molecule has 5 rings (SSSR count). The Balaban J connectivity index is 1.30. The molecule has 1 aromatic heterocycles. The number of carbonyl (C=O) groups excluding carboxylic acids is 3. The number of aromatic nitrogens is 3. The van der Waals surface area contributed by atoms with Crippen LogP contribution < -0.4 is 10.2 Å². The van der Waals surface area contributed by atoms with E-state index < -0.39 is 88.4 Å². The van der Waals surface area contributed by atoms with E-state index in [1.54, 1.807) is 20.8 Å². The van der Waals surface area contributed by atoms with Gasteiger partial charge in [0, 0.05) is 48.8 Å². The van der Waals surface area contributed by atoms with E-state index in [1.807, 2.05) is 0 Å². The number of hydrogen-bond donors (Lipinski definition) is 2. The molecule has 4 atom stereocenters. The summed E-state index contributed by atoms with van der Waals surface area (Å²) in [6.07, 6.45) is 0.227. The predicted octanol–water partition coefficient (Wildman–Crippen LogP) is 4.08. The Hall–Kier alpha value is -4.77. The first-order valence-corrected chi connectivity index (χ1v) is 14.8. The molecule has 3 amide bonds. The number of nitrogens with zero attached hydrogens (tertiary/aromatic N) is 5. The molecule has 0 aliphatic carbocycles. The van der Waals surface area contributed by atoms with Crippen LogP contribution in [0.2, 0.25) is 0 Å². The first-order chi connectivity index (χ1) is 22.6. The molecule has 2 N–H and O–H groups in total. The van der Waals surface area contributed by atoms with Crippen LogP contribution in [0.15, 0.2) is 41.5 Å². The van der Waals surface area contributed by atoms with Crippen LogP contribution in [0.3, 0.4) is 0 Å². The molecule has 0 spiro atoms. The van der Waals surface area contributed by atoms with Crippen molar-refractivity contribution in [1.82, 2.24) is 20.3 Å². The topological polar surface area (TPSA) is 148 Å². The van der Waals surface area contributed by atoms with Crippen LogP contribution in [0.25, 0.3) is 0 Å². The van der Waals surface area contributed by atoms with Crippen LogP contribution in [0.1, 0.15) is 56.9 Å². The summed E-state index contributed by atoms with van der Waals surface area (Å²) in [4.78, 5) is 44.3. The maximum atomic E-state index is 14.7. The molecule has 2 saturated heterocycles. The second-order valence-corrected chi connectivity index (χ2v) is 12.4. The highest BCUT2D eigenvalue weighted by molar-refractivity contribution is 6.16. The number of aliphatic imine (C=N–C) groups is 1. The van der Waals surface area contributed by atoms with Gasteiger partial charge in [-0.1, -0.05) is 0 Å². The monoisotopic (exact) mass is 678 g/mol. The van der Waals surface area contributed by atoms with Gasteiger partial charge in [-0.05, 0) is 51.5 Å². The summed E-state index contributed by atoms with van der Waals surface area (Å²) in [5.41, 5.74) is -4.04. The fourth-order valence-corrected chi connectivity index (χ4v) is 5.40. The minimum absolute atomic E-state index is 0.0424. The molecule has 3 heterocycles. The van der Waals surface area contributed by atoms with Gasteiger partial charge in [-0.15, -0.1) is 5.10 Å². The van der Waals surface area contributed by atoms with Crippen LogP contribution in [0, 0.1) is 35.0 Å². The second kappa shape index (κ2) is 13.4. The molecule has 0 saturated carbocycles.